The molecule has 1 aromatic heterocycles. The lowest BCUT2D eigenvalue weighted by atomic mass is 10.1. The van der Waals surface area contributed by atoms with Crippen molar-refractivity contribution in [3.05, 3.63) is 22.8 Å². The van der Waals surface area contributed by atoms with Crippen LogP contribution in [0, 0.1) is 5.82 Å². The highest BCUT2D eigenvalue weighted by molar-refractivity contribution is 7.19. The molecule has 126 valence electrons. The van der Waals surface area contributed by atoms with Crippen LogP contribution in [-0.2, 0) is 10.7 Å². The van der Waals surface area contributed by atoms with Crippen LogP contribution in [0.1, 0.15) is 11.3 Å². The molecule has 1 aromatic carbocycles. The van der Waals surface area contributed by atoms with Crippen molar-refractivity contribution >= 4 is 27.4 Å². The number of carboxylic acids is 1. The van der Waals surface area contributed by atoms with Gasteiger partial charge in [0, 0.05) is 16.2 Å². The Hall–Kier alpha value is -2.03. The van der Waals surface area contributed by atoms with Gasteiger partial charge in [0.05, 0.1) is 25.5 Å². The zero-order chi connectivity index (χ0) is 17.4. The molecule has 0 radical (unpaired) electrons. The summed E-state index contributed by atoms with van der Waals surface area (Å²) in [7, 11) is 2.47. The van der Waals surface area contributed by atoms with E-state index in [1.54, 1.807) is 0 Å². The number of ether oxygens (including phenoxy) is 2. The molecule has 1 heterocycles. The summed E-state index contributed by atoms with van der Waals surface area (Å²) in [5, 5.41) is 8.28. The normalized spacial score (nSPS) is 13.1. The summed E-state index contributed by atoms with van der Waals surface area (Å²) in [4.78, 5) is 9.77. The van der Waals surface area contributed by atoms with E-state index in [1.807, 2.05) is 0 Å². The molecular weight excluding hydrogens is 340 g/mol. The number of fused-ring (bicyclic) bond motifs is 1. The molecule has 0 spiro atoms. The fourth-order valence-electron chi connectivity index (χ4n) is 2.03. The third-order valence-electron chi connectivity index (χ3n) is 3.17. The predicted molar refractivity (Wildman–Crippen MR) is 75.9 cm³/mol. The largest absolute Gasteiger partial charge is 0.493 e. The quantitative estimate of drug-likeness (QED) is 0.800. The van der Waals surface area contributed by atoms with Crippen molar-refractivity contribution in [3.8, 4) is 11.5 Å². The van der Waals surface area contributed by atoms with Crippen LogP contribution in [0.5, 0.6) is 11.5 Å². The molecule has 2 aromatic rings. The fourth-order valence-corrected chi connectivity index (χ4v) is 3.10. The number of carboxylic acid groups (broad SMARTS) is 1. The van der Waals surface area contributed by atoms with Gasteiger partial charge in [-0.1, -0.05) is 0 Å². The molecule has 0 unspecified atom stereocenters. The van der Waals surface area contributed by atoms with Crippen LogP contribution in [-0.4, -0.2) is 31.5 Å². The second-order valence-electron chi connectivity index (χ2n) is 4.66. The molecule has 0 aliphatic carbocycles. The highest BCUT2D eigenvalue weighted by Gasteiger charge is 2.39. The van der Waals surface area contributed by atoms with Crippen LogP contribution in [0.3, 0.4) is 0 Å². The number of alkyl halides is 3. The minimum absolute atomic E-state index is 0.0307. The van der Waals surface area contributed by atoms with E-state index in [-0.39, 0.29) is 21.6 Å². The minimum atomic E-state index is -3.74. The van der Waals surface area contributed by atoms with Crippen molar-refractivity contribution < 1.29 is 36.9 Å². The number of carbonyl (C=O) groups is 1. The van der Waals surface area contributed by atoms with Crippen LogP contribution in [0.4, 0.5) is 17.6 Å². The minimum Gasteiger partial charge on any atom is -0.493 e. The van der Waals surface area contributed by atoms with Crippen LogP contribution in [0.15, 0.2) is 12.1 Å². The Morgan fingerprint density at radius 2 is 2.00 bits per heavy atom. The van der Waals surface area contributed by atoms with Crippen LogP contribution in [0.25, 0.3) is 10.1 Å². The highest BCUT2D eigenvalue weighted by Crippen LogP contribution is 2.45. The molecule has 2 rings (SSSR count). The third kappa shape index (κ3) is 3.19. The molecule has 0 saturated carbocycles. The van der Waals surface area contributed by atoms with E-state index in [2.05, 4.69) is 0 Å². The van der Waals surface area contributed by atoms with Crippen molar-refractivity contribution in [3.63, 3.8) is 0 Å². The second-order valence-corrected chi connectivity index (χ2v) is 5.75. The number of benzene rings is 1. The van der Waals surface area contributed by atoms with Gasteiger partial charge in [-0.2, -0.15) is 0 Å². The van der Waals surface area contributed by atoms with Crippen molar-refractivity contribution in [2.24, 2.45) is 0 Å². The Morgan fingerprint density at radius 3 is 2.52 bits per heavy atom. The molecule has 9 heteroatoms. The van der Waals surface area contributed by atoms with Crippen LogP contribution < -0.4 is 9.47 Å². The average molecular weight is 352 g/mol. The number of rotatable bonds is 6. The van der Waals surface area contributed by atoms with Gasteiger partial charge in [-0.25, -0.2) is 22.4 Å². The lowest BCUT2D eigenvalue weighted by molar-refractivity contribution is -0.147. The van der Waals surface area contributed by atoms with E-state index in [0.29, 0.717) is 11.3 Å². The van der Waals surface area contributed by atoms with E-state index in [9.17, 15) is 22.4 Å². The summed E-state index contributed by atoms with van der Waals surface area (Å²) in [6.45, 7) is 0. The lowest BCUT2D eigenvalue weighted by Gasteiger charge is -2.14. The van der Waals surface area contributed by atoms with E-state index in [4.69, 9.17) is 14.6 Å². The molecule has 0 aliphatic rings. The first-order valence-electron chi connectivity index (χ1n) is 6.30. The van der Waals surface area contributed by atoms with Gasteiger partial charge in [-0.05, 0) is 6.07 Å². The summed E-state index contributed by atoms with van der Waals surface area (Å²) in [6, 6.07) is 2.19. The molecule has 23 heavy (non-hydrogen) atoms. The molecule has 0 aliphatic heterocycles. The first-order chi connectivity index (χ1) is 10.7. The van der Waals surface area contributed by atoms with E-state index >= 15 is 0 Å². The molecule has 1 atom stereocenters. The number of halogens is 4. The zero-order valence-corrected chi connectivity index (χ0v) is 12.8. The van der Waals surface area contributed by atoms with E-state index < -0.39 is 35.2 Å². The van der Waals surface area contributed by atoms with Crippen molar-refractivity contribution in [2.45, 2.75) is 18.5 Å². The number of thiophene rings is 1. The summed E-state index contributed by atoms with van der Waals surface area (Å²) < 4.78 is 65.4. The third-order valence-corrected chi connectivity index (χ3v) is 4.36. The summed E-state index contributed by atoms with van der Waals surface area (Å²) in [6.07, 6.45) is -4.24. The summed E-state index contributed by atoms with van der Waals surface area (Å²) in [5.41, 5.74) is 0. The molecule has 0 amide bonds. The zero-order valence-electron chi connectivity index (χ0n) is 12.0. The Balaban J connectivity index is 2.51. The SMILES string of the molecule is COc1cc2sc(C(F)(F)C[C@@H](F)C(=O)O)cc2c(F)c1OC. The van der Waals surface area contributed by atoms with Gasteiger partial charge >= 0.3 is 5.97 Å². The van der Waals surface area contributed by atoms with Crippen molar-refractivity contribution in [1.82, 2.24) is 0 Å². The van der Waals surface area contributed by atoms with Gasteiger partial charge in [0.2, 0.25) is 6.17 Å². The van der Waals surface area contributed by atoms with Gasteiger partial charge in [0.1, 0.15) is 0 Å². The molecular formula is C14H12F4O4S. The second kappa shape index (κ2) is 6.23. The average Bonchev–Trinajstić information content (AvgIpc) is 2.91. The predicted octanol–water partition coefficient (Wildman–Crippen LogP) is 3.96. The molecule has 0 saturated heterocycles. The monoisotopic (exact) mass is 352 g/mol. The lowest BCUT2D eigenvalue weighted by Crippen LogP contribution is -2.24. The van der Waals surface area contributed by atoms with Gasteiger partial charge in [-0.15, -0.1) is 11.3 Å². The Kier molecular flexibility index (Phi) is 4.69. The molecule has 4 nitrogen and oxygen atoms in total. The standard InChI is InChI=1S/C14H12F4O4S/c1-21-8-4-9-6(11(16)12(8)22-2)3-10(23-9)14(17,18)5-7(15)13(19)20/h3-4,7H,5H2,1-2H3,(H,19,20)/t7-/m1/s1. The fraction of sp³-hybridized carbons (Fsp3) is 0.357. The Morgan fingerprint density at radius 1 is 1.35 bits per heavy atom. The van der Waals surface area contributed by atoms with Gasteiger partial charge < -0.3 is 14.6 Å². The smallest absolute Gasteiger partial charge is 0.338 e. The van der Waals surface area contributed by atoms with Crippen LogP contribution >= 0.6 is 11.3 Å². The number of hydrogen-bond acceptors (Lipinski definition) is 4. The van der Waals surface area contributed by atoms with E-state index in [1.165, 1.54) is 20.3 Å². The maximum atomic E-state index is 14.3. The molecule has 0 fully saturated rings. The maximum Gasteiger partial charge on any atom is 0.338 e. The van der Waals surface area contributed by atoms with E-state index in [0.717, 1.165) is 6.07 Å². The number of methoxy groups -OCH3 is 2. The van der Waals surface area contributed by atoms with Gasteiger partial charge in [-0.3, -0.25) is 0 Å². The Labute approximate surface area is 132 Å². The van der Waals surface area contributed by atoms with Crippen molar-refractivity contribution in [1.29, 1.82) is 0 Å². The van der Waals surface area contributed by atoms with Gasteiger partial charge in [0.25, 0.3) is 5.92 Å². The highest BCUT2D eigenvalue weighted by atomic mass is 32.1. The first-order valence-corrected chi connectivity index (χ1v) is 7.12. The molecule has 0 bridgehead atoms. The van der Waals surface area contributed by atoms with Crippen LogP contribution in [0.2, 0.25) is 0 Å². The molecule has 1 N–H and O–H groups in total. The van der Waals surface area contributed by atoms with Gasteiger partial charge in [0.15, 0.2) is 17.3 Å². The number of hydrogen-bond donors (Lipinski definition) is 1. The Bertz CT molecular complexity index is 744. The topological polar surface area (TPSA) is 55.8 Å². The summed E-state index contributed by atoms with van der Waals surface area (Å²) in [5.74, 6) is -6.80. The maximum absolute atomic E-state index is 14.3. The summed E-state index contributed by atoms with van der Waals surface area (Å²) >= 11 is 0.536. The first kappa shape index (κ1) is 17.3. The number of aliphatic carboxylic acids is 1. The van der Waals surface area contributed by atoms with Crippen molar-refractivity contribution in [2.75, 3.05) is 14.2 Å².